The standard InChI is InChI=1S/C58H68N8O13S3/c1-26-16-29-17-33-34(20-59)66-35-21-75-55(70)58(30-19-37(73-4)36(67)18-28(30)14-15-60-58)24-82-54(44-43(35)52-51(76-25-77-52)27(2)50(44)78-40(68)12-8-6-10-38-45-31(22-80-38)61-56(71)63-45)48(66)47(65(33)3)42(29)53(49(26)74-5)79-41(69)13-9-7-11-39-46-32(23-81-39)62-57(72)64-46/h16,18-19,31-35,38-39,45-48,54,60,67H,6-15,17,21-25H2,1-5H3,(H2,61,63,71)(H2,62,64,72). The molecule has 11 aliphatic rings. The second-order valence-corrected chi connectivity index (χ2v) is 26.8. The number of fused-ring (bicyclic) bond motifs is 11. The molecule has 6 saturated heterocycles. The number of urea groups is 2. The number of phenolic OH excluding ortho intramolecular Hbond substituents is 1. The first-order valence-electron chi connectivity index (χ1n) is 28.5. The van der Waals surface area contributed by atoms with Crippen molar-refractivity contribution in [1.82, 2.24) is 36.4 Å². The molecule has 11 aliphatic heterocycles. The molecule has 6 fully saturated rings. The highest BCUT2D eigenvalue weighted by Gasteiger charge is 2.62. The highest BCUT2D eigenvalue weighted by atomic mass is 32.2. The van der Waals surface area contributed by atoms with E-state index in [0.717, 1.165) is 59.4 Å². The number of amides is 4. The van der Waals surface area contributed by atoms with Gasteiger partial charge in [0.05, 0.1) is 61.8 Å². The summed E-state index contributed by atoms with van der Waals surface area (Å²) in [6.07, 6.45) is 5.49. The average molecular weight is 1180 g/mol. The molecule has 0 saturated carbocycles. The number of nitriles is 1. The van der Waals surface area contributed by atoms with Crippen LogP contribution in [0.4, 0.5) is 9.59 Å². The second-order valence-electron chi connectivity index (χ2n) is 23.2. The maximum absolute atomic E-state index is 15.3. The fraction of sp³-hybridized carbons (Fsp3) is 0.586. The molecule has 3 aromatic rings. The minimum Gasteiger partial charge on any atom is -0.504 e. The van der Waals surface area contributed by atoms with Crippen LogP contribution in [0.1, 0.15) is 113 Å². The number of likely N-dealkylation sites (N-methyl/N-ethyl adjacent to an activating group) is 1. The summed E-state index contributed by atoms with van der Waals surface area (Å²) in [4.78, 5) is 72.9. The molecule has 13 atom stereocenters. The van der Waals surface area contributed by atoms with E-state index in [1.165, 1.54) is 18.9 Å². The van der Waals surface area contributed by atoms with Crippen LogP contribution in [0.3, 0.4) is 0 Å². The van der Waals surface area contributed by atoms with Gasteiger partial charge in [-0.25, -0.2) is 14.4 Å². The Labute approximate surface area is 488 Å². The number of nitrogens with one attached hydrogen (secondary N) is 5. The SMILES string of the molecule is COc1cc2c(cc1O)CCNC21CSC2c3c(OC(=O)CCCCC4SCC5NC(=O)NC54)c(C)c4c(c3C(COC1=O)N1C(C#N)C3Cc5cc(C)c(OC)c(OC(=O)CCCCC6SCC7NC(=O)NC76)c5C(C21)N3C)OCO4. The predicted molar refractivity (Wildman–Crippen MR) is 304 cm³/mol. The van der Waals surface area contributed by atoms with Gasteiger partial charge in [-0.1, -0.05) is 18.9 Å². The second kappa shape index (κ2) is 21.9. The van der Waals surface area contributed by atoms with E-state index in [2.05, 4.69) is 48.5 Å². The van der Waals surface area contributed by atoms with Gasteiger partial charge in [-0.05, 0) is 93.8 Å². The van der Waals surface area contributed by atoms with Gasteiger partial charge in [0, 0.05) is 81.5 Å². The molecule has 13 unspecified atom stereocenters. The smallest absolute Gasteiger partial charge is 0.331 e. The van der Waals surface area contributed by atoms with Crippen LogP contribution in [-0.4, -0.2) is 156 Å². The van der Waals surface area contributed by atoms with Gasteiger partial charge in [-0.2, -0.15) is 28.8 Å². The topological polar surface area (TPSA) is 261 Å². The number of aromatic hydroxyl groups is 1. The van der Waals surface area contributed by atoms with Gasteiger partial charge in [0.2, 0.25) is 6.79 Å². The zero-order chi connectivity index (χ0) is 56.9. The molecule has 24 heteroatoms. The van der Waals surface area contributed by atoms with Crippen LogP contribution in [0.5, 0.6) is 40.2 Å². The van der Waals surface area contributed by atoms with E-state index in [4.69, 9.17) is 33.2 Å². The van der Waals surface area contributed by atoms with Crippen molar-refractivity contribution >= 4 is 65.3 Å². The molecule has 4 bridgehead atoms. The molecular weight excluding hydrogens is 1110 g/mol. The Bertz CT molecular complexity index is 3200. The molecular formula is C58H68N8O13S3. The van der Waals surface area contributed by atoms with Gasteiger partial charge >= 0.3 is 30.0 Å². The molecule has 4 amide bonds. The number of unbranched alkanes of at least 4 members (excludes halogenated alkanes) is 2. The summed E-state index contributed by atoms with van der Waals surface area (Å²) in [5.74, 6) is 2.39. The van der Waals surface area contributed by atoms with Gasteiger partial charge in [-0.15, -0.1) is 11.8 Å². The van der Waals surface area contributed by atoms with Gasteiger partial charge in [0.1, 0.15) is 18.4 Å². The van der Waals surface area contributed by atoms with Gasteiger partial charge in [-0.3, -0.25) is 24.7 Å². The number of piperazine rings is 1. The summed E-state index contributed by atoms with van der Waals surface area (Å²) >= 11 is 5.14. The summed E-state index contributed by atoms with van der Waals surface area (Å²) < 4.78 is 44.6. The molecule has 11 heterocycles. The third-order valence-corrected chi connectivity index (χ3v) is 23.2. The number of benzene rings is 3. The van der Waals surface area contributed by atoms with E-state index in [1.807, 2.05) is 44.4 Å². The van der Waals surface area contributed by atoms with Gasteiger partial charge in [0.15, 0.2) is 40.0 Å². The van der Waals surface area contributed by atoms with Gasteiger partial charge < -0.3 is 59.5 Å². The number of ether oxygens (including phenoxy) is 7. The number of carbonyl (C=O) groups excluding carboxylic acids is 5. The lowest BCUT2D eigenvalue weighted by Gasteiger charge is -2.62. The number of rotatable bonds is 14. The van der Waals surface area contributed by atoms with E-state index in [0.29, 0.717) is 83.2 Å². The number of nitrogens with zero attached hydrogens (tertiary/aromatic N) is 3. The number of carbonyl (C=O) groups is 5. The molecule has 14 rings (SSSR count). The average Bonchev–Trinajstić information content (AvgIpc) is 1.25. The highest BCUT2D eigenvalue weighted by molar-refractivity contribution is 8.00. The molecule has 6 N–H and O–H groups in total. The Balaban J connectivity index is 0.900. The first-order chi connectivity index (χ1) is 39.7. The highest BCUT2D eigenvalue weighted by Crippen LogP contribution is 2.65. The van der Waals surface area contributed by atoms with Crippen molar-refractivity contribution in [1.29, 1.82) is 5.26 Å². The number of hydrogen-bond acceptors (Lipinski definition) is 20. The number of esters is 3. The lowest BCUT2D eigenvalue weighted by Crippen LogP contribution is -2.69. The van der Waals surface area contributed by atoms with Crippen molar-refractivity contribution in [3.63, 3.8) is 0 Å². The maximum atomic E-state index is 15.3. The Hall–Kier alpha value is -5.97. The minimum absolute atomic E-state index is 0.0483. The molecule has 0 aromatic heterocycles. The van der Waals surface area contributed by atoms with Crippen molar-refractivity contribution in [3.05, 3.63) is 62.7 Å². The Morgan fingerprint density at radius 2 is 1.48 bits per heavy atom. The lowest BCUT2D eigenvalue weighted by atomic mass is 9.71. The first-order valence-corrected chi connectivity index (χ1v) is 31.6. The van der Waals surface area contributed by atoms with E-state index in [-0.39, 0.29) is 90.2 Å². The number of phenols is 1. The maximum Gasteiger partial charge on any atom is 0.331 e. The summed E-state index contributed by atoms with van der Waals surface area (Å²) in [6.45, 7) is 3.82. The van der Waals surface area contributed by atoms with E-state index in [9.17, 15) is 29.5 Å². The molecule has 0 aliphatic carbocycles. The van der Waals surface area contributed by atoms with Crippen molar-refractivity contribution in [3.8, 4) is 46.3 Å². The number of thioether (sulfide) groups is 3. The van der Waals surface area contributed by atoms with Crippen molar-refractivity contribution in [2.75, 3.05) is 58.5 Å². The van der Waals surface area contributed by atoms with Crippen LogP contribution in [-0.2, 0) is 37.5 Å². The summed E-state index contributed by atoms with van der Waals surface area (Å²) in [5, 5.41) is 38.2. The van der Waals surface area contributed by atoms with Gasteiger partial charge in [0.25, 0.3) is 0 Å². The third-order valence-electron chi connectivity index (χ3n) is 18.7. The summed E-state index contributed by atoms with van der Waals surface area (Å²) in [5.41, 5.74) is 4.16. The van der Waals surface area contributed by atoms with Crippen LogP contribution in [0.25, 0.3) is 0 Å². The monoisotopic (exact) mass is 1180 g/mol. The van der Waals surface area contributed by atoms with Crippen molar-refractivity contribution in [2.24, 2.45) is 0 Å². The molecule has 436 valence electrons. The molecule has 1 spiro atoms. The normalized spacial score (nSPS) is 31.6. The van der Waals surface area contributed by atoms with Crippen molar-refractivity contribution < 1.29 is 62.2 Å². The number of aryl methyl sites for hydroxylation is 1. The Kier molecular flexibility index (Phi) is 14.8. The van der Waals surface area contributed by atoms with Crippen LogP contribution in [0.2, 0.25) is 0 Å². The Morgan fingerprint density at radius 1 is 0.805 bits per heavy atom. The van der Waals surface area contributed by atoms with E-state index < -0.39 is 58.9 Å². The Morgan fingerprint density at radius 3 is 2.13 bits per heavy atom. The molecule has 0 radical (unpaired) electrons. The van der Waals surface area contributed by atoms with Crippen LogP contribution >= 0.6 is 35.3 Å². The number of methoxy groups -OCH3 is 2. The fourth-order valence-electron chi connectivity index (χ4n) is 15.0. The summed E-state index contributed by atoms with van der Waals surface area (Å²) in [6, 6.07) is 4.91. The molecule has 21 nitrogen and oxygen atoms in total. The first kappa shape index (κ1) is 55.2. The van der Waals surface area contributed by atoms with Crippen LogP contribution < -0.4 is 55.0 Å². The lowest BCUT2D eigenvalue weighted by molar-refractivity contribution is -0.157. The largest absolute Gasteiger partial charge is 0.504 e. The fourth-order valence-corrected chi connectivity index (χ4v) is 19.7. The van der Waals surface area contributed by atoms with Crippen LogP contribution in [0.15, 0.2) is 18.2 Å². The number of hydrogen-bond donors (Lipinski definition) is 6. The quantitative estimate of drug-likeness (QED) is 0.0495. The molecule has 3 aromatic carbocycles. The zero-order valence-corrected chi connectivity index (χ0v) is 48.8. The van der Waals surface area contributed by atoms with E-state index >= 15 is 4.79 Å². The zero-order valence-electron chi connectivity index (χ0n) is 46.4. The molecule has 82 heavy (non-hydrogen) atoms. The summed E-state index contributed by atoms with van der Waals surface area (Å²) in [7, 11) is 5.04. The minimum atomic E-state index is -1.46. The van der Waals surface area contributed by atoms with Crippen LogP contribution in [0, 0.1) is 25.2 Å². The predicted octanol–water partition coefficient (Wildman–Crippen LogP) is 5.62. The third kappa shape index (κ3) is 9.12. The van der Waals surface area contributed by atoms with E-state index in [1.54, 1.807) is 19.2 Å². The van der Waals surface area contributed by atoms with Crippen molar-refractivity contribution in [2.45, 2.75) is 154 Å².